The maximum Gasteiger partial charge on any atom is 0.417 e. The fourth-order valence-electron chi connectivity index (χ4n) is 3.60. The summed E-state index contributed by atoms with van der Waals surface area (Å²) in [7, 11) is 2.54. The van der Waals surface area contributed by atoms with Crippen molar-refractivity contribution in [2.24, 2.45) is 26.9 Å². The highest BCUT2D eigenvalue weighted by molar-refractivity contribution is 6.39. The van der Waals surface area contributed by atoms with Crippen molar-refractivity contribution in [3.8, 4) is 11.5 Å². The number of benzene rings is 2. The Hall–Kier alpha value is -3.76. The molecule has 0 spiro atoms. The molecule has 0 aliphatic rings. The third kappa shape index (κ3) is 6.93. The molecule has 1 atom stereocenters. The third-order valence-corrected chi connectivity index (χ3v) is 5.50. The minimum atomic E-state index is -4.87. The number of nitrogens with two attached hydrogens (primary N) is 2. The number of phenolic OH excluding ortho intramolecular Hbond substituents is 1. The lowest BCUT2D eigenvalue weighted by molar-refractivity contribution is -0.138. The number of amides is 1. The van der Waals surface area contributed by atoms with E-state index in [1.54, 1.807) is 0 Å². The molecule has 8 nitrogen and oxygen atoms in total. The van der Waals surface area contributed by atoms with E-state index in [-0.39, 0.29) is 17.4 Å². The number of aryl methyl sites for hydroxylation is 1. The zero-order valence-corrected chi connectivity index (χ0v) is 22.1. The number of aliphatic imine (C=N–C) groups is 2. The van der Waals surface area contributed by atoms with Gasteiger partial charge in [-0.1, -0.05) is 32.9 Å². The molecule has 0 radical (unpaired) electrons. The van der Waals surface area contributed by atoms with Gasteiger partial charge in [0.15, 0.2) is 17.4 Å². The summed E-state index contributed by atoms with van der Waals surface area (Å²) in [5.41, 5.74) is 11.0. The first-order chi connectivity index (χ1) is 17.0. The SMILES string of the molecule is CCOc1cc([C@H](N=C(N)C(N)=Nc2ccc(C(F)(F)F)c(C(=O)N(C)C)c2O)C(C)(C)C)ccc1C. The molecule has 5 N–H and O–H groups in total. The highest BCUT2D eigenvalue weighted by atomic mass is 19.4. The Kier molecular flexibility index (Phi) is 8.84. The minimum absolute atomic E-state index is 0.182. The Morgan fingerprint density at radius 3 is 2.24 bits per heavy atom. The monoisotopic (exact) mass is 521 g/mol. The van der Waals surface area contributed by atoms with Crippen LogP contribution in [0.3, 0.4) is 0 Å². The molecule has 2 rings (SSSR count). The lowest BCUT2D eigenvalue weighted by Gasteiger charge is -2.28. The minimum Gasteiger partial charge on any atom is -0.505 e. The fraction of sp³-hybridized carbons (Fsp3) is 0.423. The second-order valence-electron chi connectivity index (χ2n) is 9.79. The number of aromatic hydroxyl groups is 1. The predicted octanol–water partition coefficient (Wildman–Crippen LogP) is 4.95. The van der Waals surface area contributed by atoms with Gasteiger partial charge in [-0.05, 0) is 48.6 Å². The van der Waals surface area contributed by atoms with Gasteiger partial charge in [-0.3, -0.25) is 9.79 Å². The quantitative estimate of drug-likeness (QED) is 0.366. The largest absolute Gasteiger partial charge is 0.505 e. The van der Waals surface area contributed by atoms with Crippen LogP contribution in [0.1, 0.15) is 60.8 Å². The van der Waals surface area contributed by atoms with Crippen LogP contribution < -0.4 is 16.2 Å². The molecule has 0 fully saturated rings. The predicted molar refractivity (Wildman–Crippen MR) is 139 cm³/mol. The fourth-order valence-corrected chi connectivity index (χ4v) is 3.60. The van der Waals surface area contributed by atoms with Crippen LogP contribution in [0.25, 0.3) is 0 Å². The lowest BCUT2D eigenvalue weighted by Crippen LogP contribution is -2.33. The van der Waals surface area contributed by atoms with Crippen molar-refractivity contribution in [3.05, 3.63) is 52.6 Å². The first-order valence-corrected chi connectivity index (χ1v) is 11.5. The topological polar surface area (TPSA) is 127 Å². The molecule has 37 heavy (non-hydrogen) atoms. The molecule has 0 bridgehead atoms. The second-order valence-corrected chi connectivity index (χ2v) is 9.79. The molecular weight excluding hydrogens is 487 g/mol. The van der Waals surface area contributed by atoms with Gasteiger partial charge in [0.2, 0.25) is 0 Å². The molecule has 0 unspecified atom stereocenters. The van der Waals surface area contributed by atoms with Gasteiger partial charge in [-0.25, -0.2) is 4.99 Å². The first-order valence-electron chi connectivity index (χ1n) is 11.5. The number of phenols is 1. The lowest BCUT2D eigenvalue weighted by atomic mass is 9.82. The van der Waals surface area contributed by atoms with Crippen LogP contribution in [0.5, 0.6) is 11.5 Å². The van der Waals surface area contributed by atoms with E-state index >= 15 is 0 Å². The van der Waals surface area contributed by atoms with Crippen molar-refractivity contribution < 1.29 is 27.8 Å². The van der Waals surface area contributed by atoms with Crippen LogP contribution in [0, 0.1) is 12.3 Å². The Labute approximate surface area is 214 Å². The summed E-state index contributed by atoms with van der Waals surface area (Å²) < 4.78 is 46.2. The number of hydrogen-bond acceptors (Lipinski definition) is 5. The van der Waals surface area contributed by atoms with Gasteiger partial charge in [0.1, 0.15) is 11.4 Å². The van der Waals surface area contributed by atoms with Crippen molar-refractivity contribution in [1.29, 1.82) is 0 Å². The van der Waals surface area contributed by atoms with E-state index < -0.39 is 40.4 Å². The molecule has 11 heteroatoms. The van der Waals surface area contributed by atoms with Gasteiger partial charge in [0, 0.05) is 14.1 Å². The van der Waals surface area contributed by atoms with Crippen LogP contribution in [0.4, 0.5) is 18.9 Å². The van der Waals surface area contributed by atoms with E-state index in [1.807, 2.05) is 52.8 Å². The van der Waals surface area contributed by atoms with E-state index in [4.69, 9.17) is 16.2 Å². The van der Waals surface area contributed by atoms with E-state index in [9.17, 15) is 23.1 Å². The number of hydrogen-bond donors (Lipinski definition) is 3. The highest BCUT2D eigenvalue weighted by Crippen LogP contribution is 2.41. The van der Waals surface area contributed by atoms with Gasteiger partial charge < -0.3 is 26.2 Å². The number of carbonyl (C=O) groups is 1. The molecule has 0 aliphatic heterocycles. The summed E-state index contributed by atoms with van der Waals surface area (Å²) in [5.74, 6) is -1.81. The Balaban J connectivity index is 2.60. The second kappa shape index (κ2) is 11.1. The number of halogens is 3. The molecule has 0 aromatic heterocycles. The summed E-state index contributed by atoms with van der Waals surface area (Å²) in [6, 6.07) is 6.79. The van der Waals surface area contributed by atoms with E-state index in [1.165, 1.54) is 14.1 Å². The van der Waals surface area contributed by atoms with E-state index in [0.29, 0.717) is 18.4 Å². The maximum atomic E-state index is 13.5. The summed E-state index contributed by atoms with van der Waals surface area (Å²) >= 11 is 0. The van der Waals surface area contributed by atoms with Crippen LogP contribution in [0.15, 0.2) is 40.3 Å². The molecule has 0 aliphatic carbocycles. The summed E-state index contributed by atoms with van der Waals surface area (Å²) in [4.78, 5) is 21.9. The van der Waals surface area contributed by atoms with Crippen LogP contribution in [-0.4, -0.2) is 48.3 Å². The highest BCUT2D eigenvalue weighted by Gasteiger charge is 2.38. The van der Waals surface area contributed by atoms with Crippen LogP contribution >= 0.6 is 0 Å². The summed E-state index contributed by atoms with van der Waals surface area (Å²) in [5, 5.41) is 10.6. The molecular formula is C26H34F3N5O3. The van der Waals surface area contributed by atoms with Gasteiger partial charge >= 0.3 is 6.18 Å². The van der Waals surface area contributed by atoms with Crippen molar-refractivity contribution in [1.82, 2.24) is 4.90 Å². The Bertz CT molecular complexity index is 1220. The van der Waals surface area contributed by atoms with Crippen molar-refractivity contribution in [2.75, 3.05) is 20.7 Å². The normalized spacial score (nSPS) is 13.9. The van der Waals surface area contributed by atoms with Crippen LogP contribution in [-0.2, 0) is 6.18 Å². The average Bonchev–Trinajstić information content (AvgIpc) is 2.78. The smallest absolute Gasteiger partial charge is 0.417 e. The number of rotatable bonds is 6. The Morgan fingerprint density at radius 1 is 1.11 bits per heavy atom. The zero-order valence-electron chi connectivity index (χ0n) is 22.1. The van der Waals surface area contributed by atoms with Crippen LogP contribution in [0.2, 0.25) is 0 Å². The van der Waals surface area contributed by atoms with Gasteiger partial charge in [-0.2, -0.15) is 13.2 Å². The van der Waals surface area contributed by atoms with E-state index in [0.717, 1.165) is 22.1 Å². The average molecular weight is 522 g/mol. The maximum absolute atomic E-state index is 13.5. The summed E-state index contributed by atoms with van der Waals surface area (Å²) in [6.45, 7) is 10.2. The molecule has 2 aromatic rings. The van der Waals surface area contributed by atoms with Gasteiger partial charge in [-0.15, -0.1) is 0 Å². The zero-order chi connectivity index (χ0) is 28.3. The molecule has 0 saturated heterocycles. The molecule has 202 valence electrons. The number of nitrogens with zero attached hydrogens (tertiary/aromatic N) is 3. The summed E-state index contributed by atoms with van der Waals surface area (Å²) in [6.07, 6.45) is -4.87. The van der Waals surface area contributed by atoms with Gasteiger partial charge in [0.05, 0.1) is 23.8 Å². The van der Waals surface area contributed by atoms with Crippen molar-refractivity contribution in [3.63, 3.8) is 0 Å². The third-order valence-electron chi connectivity index (χ3n) is 5.50. The van der Waals surface area contributed by atoms with E-state index in [2.05, 4.69) is 9.98 Å². The molecule has 0 heterocycles. The number of ether oxygens (including phenoxy) is 1. The number of alkyl halides is 3. The molecule has 0 saturated carbocycles. The number of carbonyl (C=O) groups excluding carboxylic acids is 1. The van der Waals surface area contributed by atoms with Gasteiger partial charge in [0.25, 0.3) is 5.91 Å². The standard InChI is InChI=1S/C26H34F3N5O3/c1-8-37-18-13-15(10-9-14(18)2)21(25(3,4)5)33-23(31)22(30)32-17-12-11-16(26(27,28)29)19(20(17)35)24(36)34(6)7/h9-13,21,35H,8H2,1-7H3,(H2,30,32)(H2,31,33)/t21-/m0/s1. The van der Waals surface area contributed by atoms with Crippen molar-refractivity contribution >= 4 is 23.3 Å². The number of amidine groups is 2. The Morgan fingerprint density at radius 2 is 1.73 bits per heavy atom. The first kappa shape index (κ1) is 29.5. The molecule has 2 aromatic carbocycles. The van der Waals surface area contributed by atoms with Crippen molar-refractivity contribution in [2.45, 2.75) is 46.8 Å². The molecule has 1 amide bonds.